The Balaban J connectivity index is 1.70. The van der Waals surface area contributed by atoms with Crippen LogP contribution in [0.25, 0.3) is 0 Å². The molecular weight excluding hydrogens is 208 g/mol. The van der Waals surface area contributed by atoms with Crippen LogP contribution in [0.2, 0.25) is 0 Å². The summed E-state index contributed by atoms with van der Waals surface area (Å²) in [5, 5.41) is 3.55. The lowest BCUT2D eigenvalue weighted by Crippen LogP contribution is -2.26. The van der Waals surface area contributed by atoms with Gasteiger partial charge in [0.05, 0.1) is 5.69 Å². The molecule has 0 aromatic carbocycles. The molecule has 1 aromatic heterocycles. The normalized spacial score (nSPS) is 24.8. The van der Waals surface area contributed by atoms with Gasteiger partial charge in [0, 0.05) is 12.7 Å². The Bertz CT molecular complexity index is 331. The monoisotopic (exact) mass is 232 g/mol. The van der Waals surface area contributed by atoms with Crippen molar-refractivity contribution in [1.82, 2.24) is 10.3 Å². The van der Waals surface area contributed by atoms with Crippen LogP contribution in [0.15, 0.2) is 18.3 Å². The van der Waals surface area contributed by atoms with Gasteiger partial charge in [-0.2, -0.15) is 0 Å². The molecule has 1 aliphatic rings. The number of aromatic nitrogens is 1. The molecule has 17 heavy (non-hydrogen) atoms. The highest BCUT2D eigenvalue weighted by atomic mass is 14.9. The summed E-state index contributed by atoms with van der Waals surface area (Å²) in [4.78, 5) is 4.41. The van der Waals surface area contributed by atoms with Crippen LogP contribution >= 0.6 is 0 Å². The minimum absolute atomic E-state index is 0.879. The minimum Gasteiger partial charge on any atom is -0.311 e. The number of nitrogens with one attached hydrogen (secondary N) is 1. The fourth-order valence-electron chi connectivity index (χ4n) is 2.75. The molecule has 94 valence electrons. The Morgan fingerprint density at radius 2 is 2.24 bits per heavy atom. The smallest absolute Gasteiger partial charge is 0.0541 e. The molecule has 0 spiro atoms. The molecule has 1 N–H and O–H groups in total. The molecule has 1 aliphatic carbocycles. The Labute approximate surface area is 105 Å². The lowest BCUT2D eigenvalue weighted by Gasteiger charge is -2.26. The lowest BCUT2D eigenvalue weighted by atomic mass is 9.82. The van der Waals surface area contributed by atoms with E-state index in [-0.39, 0.29) is 0 Å². The van der Waals surface area contributed by atoms with Gasteiger partial charge in [-0.3, -0.25) is 4.98 Å². The molecule has 0 aliphatic heterocycles. The van der Waals surface area contributed by atoms with Crippen LogP contribution in [0.4, 0.5) is 0 Å². The third kappa shape index (κ3) is 4.12. The zero-order valence-corrected chi connectivity index (χ0v) is 11.1. The van der Waals surface area contributed by atoms with Crippen LogP contribution < -0.4 is 5.32 Å². The van der Waals surface area contributed by atoms with Gasteiger partial charge in [0.25, 0.3) is 0 Å². The van der Waals surface area contributed by atoms with Crippen molar-refractivity contribution in [3.8, 4) is 0 Å². The van der Waals surface area contributed by atoms with Gasteiger partial charge in [-0.05, 0) is 49.8 Å². The van der Waals surface area contributed by atoms with Crippen LogP contribution in [0.1, 0.15) is 43.9 Å². The molecule has 0 bridgehead atoms. The number of pyridine rings is 1. The summed E-state index contributed by atoms with van der Waals surface area (Å²) >= 11 is 0. The van der Waals surface area contributed by atoms with E-state index in [1.807, 2.05) is 6.20 Å². The second-order valence-corrected chi connectivity index (χ2v) is 5.60. The molecule has 0 radical (unpaired) electrons. The summed E-state index contributed by atoms with van der Waals surface area (Å²) in [6.07, 6.45) is 7.58. The SMILES string of the molecule is Cc1ccc(CNCC2CCCC(C)C2)nc1. The Hall–Kier alpha value is -0.890. The lowest BCUT2D eigenvalue weighted by molar-refractivity contribution is 0.274. The van der Waals surface area contributed by atoms with E-state index in [1.54, 1.807) is 0 Å². The van der Waals surface area contributed by atoms with Gasteiger partial charge in [-0.15, -0.1) is 0 Å². The van der Waals surface area contributed by atoms with Crippen molar-refractivity contribution >= 4 is 0 Å². The quantitative estimate of drug-likeness (QED) is 0.861. The van der Waals surface area contributed by atoms with E-state index in [4.69, 9.17) is 0 Å². The molecule has 2 nitrogen and oxygen atoms in total. The topological polar surface area (TPSA) is 24.9 Å². The zero-order chi connectivity index (χ0) is 12.1. The molecule has 0 saturated heterocycles. The standard InChI is InChI=1S/C15H24N2/c1-12-4-3-5-14(8-12)10-16-11-15-7-6-13(2)9-17-15/h6-7,9,12,14,16H,3-5,8,10-11H2,1-2H3. The zero-order valence-electron chi connectivity index (χ0n) is 11.1. The molecule has 2 atom stereocenters. The van der Waals surface area contributed by atoms with Crippen molar-refractivity contribution in [3.63, 3.8) is 0 Å². The van der Waals surface area contributed by atoms with Crippen molar-refractivity contribution < 1.29 is 0 Å². The Morgan fingerprint density at radius 1 is 1.35 bits per heavy atom. The highest BCUT2D eigenvalue weighted by Crippen LogP contribution is 2.27. The maximum absolute atomic E-state index is 4.41. The summed E-state index contributed by atoms with van der Waals surface area (Å²) in [5.41, 5.74) is 2.38. The van der Waals surface area contributed by atoms with Crippen molar-refractivity contribution in [1.29, 1.82) is 0 Å². The van der Waals surface area contributed by atoms with Gasteiger partial charge in [0.1, 0.15) is 0 Å². The van der Waals surface area contributed by atoms with Crippen molar-refractivity contribution in [2.75, 3.05) is 6.54 Å². The van der Waals surface area contributed by atoms with E-state index in [2.05, 4.69) is 36.3 Å². The van der Waals surface area contributed by atoms with Gasteiger partial charge in [-0.1, -0.05) is 25.8 Å². The first-order valence-corrected chi connectivity index (χ1v) is 6.86. The second kappa shape index (κ2) is 6.15. The first-order valence-electron chi connectivity index (χ1n) is 6.86. The van der Waals surface area contributed by atoms with Gasteiger partial charge in [0.2, 0.25) is 0 Å². The maximum atomic E-state index is 4.41. The van der Waals surface area contributed by atoms with Crippen molar-refractivity contribution in [2.45, 2.75) is 46.1 Å². The highest BCUT2D eigenvalue weighted by molar-refractivity contribution is 5.11. The maximum Gasteiger partial charge on any atom is 0.0541 e. The summed E-state index contributed by atoms with van der Waals surface area (Å²) in [6.45, 7) is 6.52. The summed E-state index contributed by atoms with van der Waals surface area (Å²) in [6, 6.07) is 4.25. The summed E-state index contributed by atoms with van der Waals surface area (Å²) in [7, 11) is 0. The predicted octanol–water partition coefficient (Wildman–Crippen LogP) is 3.31. The van der Waals surface area contributed by atoms with Gasteiger partial charge >= 0.3 is 0 Å². The number of aryl methyl sites for hydroxylation is 1. The first kappa shape index (κ1) is 12.6. The fraction of sp³-hybridized carbons (Fsp3) is 0.667. The Morgan fingerprint density at radius 3 is 2.94 bits per heavy atom. The molecule has 1 saturated carbocycles. The summed E-state index contributed by atoms with van der Waals surface area (Å²) < 4.78 is 0. The molecule has 2 unspecified atom stereocenters. The molecule has 0 amide bonds. The number of rotatable bonds is 4. The predicted molar refractivity (Wildman–Crippen MR) is 71.8 cm³/mol. The van der Waals surface area contributed by atoms with Crippen LogP contribution in [0.5, 0.6) is 0 Å². The average molecular weight is 232 g/mol. The number of nitrogens with zero attached hydrogens (tertiary/aromatic N) is 1. The average Bonchev–Trinajstić information content (AvgIpc) is 2.32. The molecule has 1 fully saturated rings. The van der Waals surface area contributed by atoms with E-state index < -0.39 is 0 Å². The van der Waals surface area contributed by atoms with Crippen LogP contribution in [-0.4, -0.2) is 11.5 Å². The van der Waals surface area contributed by atoms with Gasteiger partial charge in [-0.25, -0.2) is 0 Å². The minimum atomic E-state index is 0.879. The number of hydrogen-bond donors (Lipinski definition) is 1. The van der Waals surface area contributed by atoms with Crippen molar-refractivity contribution in [3.05, 3.63) is 29.6 Å². The van der Waals surface area contributed by atoms with Crippen LogP contribution in [0, 0.1) is 18.8 Å². The molecule has 2 rings (SSSR count). The van der Waals surface area contributed by atoms with Gasteiger partial charge < -0.3 is 5.32 Å². The van der Waals surface area contributed by atoms with E-state index in [9.17, 15) is 0 Å². The van der Waals surface area contributed by atoms with Crippen molar-refractivity contribution in [2.24, 2.45) is 11.8 Å². The first-order chi connectivity index (χ1) is 8.24. The third-order valence-electron chi connectivity index (χ3n) is 3.76. The van der Waals surface area contributed by atoms with E-state index in [0.717, 1.165) is 30.6 Å². The molecular formula is C15H24N2. The molecule has 1 aromatic rings. The summed E-state index contributed by atoms with van der Waals surface area (Å²) in [5.74, 6) is 1.80. The highest BCUT2D eigenvalue weighted by Gasteiger charge is 2.18. The third-order valence-corrected chi connectivity index (χ3v) is 3.76. The number of hydrogen-bond acceptors (Lipinski definition) is 2. The molecule has 2 heteroatoms. The Kier molecular flexibility index (Phi) is 4.55. The molecule has 1 heterocycles. The fourth-order valence-corrected chi connectivity index (χ4v) is 2.75. The van der Waals surface area contributed by atoms with E-state index in [1.165, 1.54) is 31.2 Å². The second-order valence-electron chi connectivity index (χ2n) is 5.60. The van der Waals surface area contributed by atoms with Gasteiger partial charge in [0.15, 0.2) is 0 Å². The largest absolute Gasteiger partial charge is 0.311 e. The van der Waals surface area contributed by atoms with E-state index in [0.29, 0.717) is 0 Å². The van der Waals surface area contributed by atoms with E-state index >= 15 is 0 Å². The van der Waals surface area contributed by atoms with Crippen LogP contribution in [-0.2, 0) is 6.54 Å². The van der Waals surface area contributed by atoms with Crippen LogP contribution in [0.3, 0.4) is 0 Å².